The zero-order valence-electron chi connectivity index (χ0n) is 29.1. The van der Waals surface area contributed by atoms with Gasteiger partial charge in [-0.15, -0.1) is 0 Å². The minimum atomic E-state index is -1.08. The number of ether oxygens (including phenoxy) is 2. The van der Waals surface area contributed by atoms with Crippen molar-refractivity contribution in [1.29, 1.82) is 0 Å². The lowest BCUT2D eigenvalue weighted by Gasteiger charge is -2.59. The van der Waals surface area contributed by atoms with Gasteiger partial charge in [0, 0.05) is 13.0 Å². The molecule has 1 aliphatic heterocycles. The lowest BCUT2D eigenvalue weighted by molar-refractivity contribution is -0.244. The van der Waals surface area contributed by atoms with E-state index >= 15 is 0 Å². The maximum Gasteiger partial charge on any atom is 0.223 e. The number of amides is 1. The van der Waals surface area contributed by atoms with Crippen LogP contribution in [0.15, 0.2) is 0 Å². The summed E-state index contributed by atoms with van der Waals surface area (Å²) in [6, 6.07) is 0. The first-order valence-electron chi connectivity index (χ1n) is 18.8. The fourth-order valence-electron chi connectivity index (χ4n) is 13.2. The molecule has 7 heteroatoms. The van der Waals surface area contributed by atoms with Gasteiger partial charge in [0.05, 0.1) is 37.1 Å². The topological polar surface area (TPSA) is 99.5 Å². The molecule has 0 aromatic heterocycles. The van der Waals surface area contributed by atoms with Crippen molar-refractivity contribution < 1.29 is 29.6 Å². The summed E-state index contributed by atoms with van der Waals surface area (Å²) in [5.74, 6) is 3.76. The van der Waals surface area contributed by atoms with E-state index in [1.54, 1.807) is 13.8 Å². The predicted molar refractivity (Wildman–Crippen MR) is 173 cm³/mol. The van der Waals surface area contributed by atoms with E-state index in [1.807, 2.05) is 4.90 Å². The monoisotopic (exact) mass is 629 g/mol. The van der Waals surface area contributed by atoms with Crippen LogP contribution in [0.4, 0.5) is 0 Å². The highest BCUT2D eigenvalue weighted by atomic mass is 16.7. The van der Waals surface area contributed by atoms with Crippen molar-refractivity contribution in [3.63, 3.8) is 0 Å². The third-order valence-electron chi connectivity index (χ3n) is 15.8. The highest BCUT2D eigenvalue weighted by molar-refractivity contribution is 5.76. The van der Waals surface area contributed by atoms with Crippen LogP contribution in [0.3, 0.4) is 0 Å². The van der Waals surface area contributed by atoms with Gasteiger partial charge in [0.1, 0.15) is 0 Å². The van der Waals surface area contributed by atoms with Crippen LogP contribution in [0.2, 0.25) is 0 Å². The van der Waals surface area contributed by atoms with Gasteiger partial charge in [-0.3, -0.25) is 4.79 Å². The van der Waals surface area contributed by atoms with Crippen LogP contribution in [-0.2, 0) is 14.3 Å². The van der Waals surface area contributed by atoms with Gasteiger partial charge in [0.25, 0.3) is 0 Å². The van der Waals surface area contributed by atoms with E-state index in [4.69, 9.17) is 9.47 Å². The molecule has 0 aromatic rings. The third-order valence-corrected chi connectivity index (χ3v) is 15.8. The normalized spacial score (nSPS) is 47.7. The van der Waals surface area contributed by atoms with E-state index in [0.717, 1.165) is 25.7 Å². The van der Waals surface area contributed by atoms with Crippen molar-refractivity contribution in [2.45, 2.75) is 155 Å². The summed E-state index contributed by atoms with van der Waals surface area (Å²) in [7, 11) is 0. The molecule has 1 saturated heterocycles. The van der Waals surface area contributed by atoms with E-state index < -0.39 is 11.7 Å². The first kappa shape index (κ1) is 32.8. The molecule has 7 aliphatic rings. The molecule has 7 fully saturated rings. The fourth-order valence-corrected chi connectivity index (χ4v) is 13.2. The lowest BCUT2D eigenvalue weighted by Crippen LogP contribution is -2.56. The molecule has 3 N–H and O–H groups in total. The number of carbonyl (C=O) groups excluding carboxylic acids is 1. The summed E-state index contributed by atoms with van der Waals surface area (Å²) in [5, 5.41) is 32.1. The molecular weight excluding hydrogens is 566 g/mol. The number of morpholine rings is 1. The highest BCUT2D eigenvalue weighted by Crippen LogP contribution is 2.89. The van der Waals surface area contributed by atoms with Gasteiger partial charge < -0.3 is 29.7 Å². The van der Waals surface area contributed by atoms with Crippen molar-refractivity contribution in [2.24, 2.45) is 57.2 Å². The first-order chi connectivity index (χ1) is 21.2. The maximum absolute atomic E-state index is 12.9. The van der Waals surface area contributed by atoms with Crippen LogP contribution in [0, 0.1) is 57.2 Å². The van der Waals surface area contributed by atoms with Gasteiger partial charge in [0.15, 0.2) is 6.29 Å². The van der Waals surface area contributed by atoms with Gasteiger partial charge >= 0.3 is 0 Å². The number of aliphatic hydroxyl groups is 3. The van der Waals surface area contributed by atoms with Crippen molar-refractivity contribution >= 4 is 5.91 Å². The zero-order valence-corrected chi connectivity index (χ0v) is 29.1. The summed E-state index contributed by atoms with van der Waals surface area (Å²) in [6.07, 6.45) is 12.5. The number of rotatable bonds is 9. The molecule has 7 nitrogen and oxygen atoms in total. The van der Waals surface area contributed by atoms with E-state index in [0.29, 0.717) is 73.0 Å². The molecular formula is C38H63NO6. The van der Waals surface area contributed by atoms with Crippen LogP contribution >= 0.6 is 0 Å². The van der Waals surface area contributed by atoms with Crippen molar-refractivity contribution in [2.75, 3.05) is 19.7 Å². The average molecular weight is 630 g/mol. The first-order valence-corrected chi connectivity index (χ1v) is 18.8. The minimum absolute atomic E-state index is 0.0461. The van der Waals surface area contributed by atoms with Crippen molar-refractivity contribution in [3.05, 3.63) is 0 Å². The highest BCUT2D eigenvalue weighted by Gasteiger charge is 2.84. The Hall–Kier alpha value is -0.730. The Balaban J connectivity index is 1.03. The van der Waals surface area contributed by atoms with E-state index in [9.17, 15) is 20.1 Å². The van der Waals surface area contributed by atoms with Crippen molar-refractivity contribution in [3.8, 4) is 0 Å². The van der Waals surface area contributed by atoms with E-state index in [2.05, 4.69) is 27.7 Å². The molecule has 6 aliphatic carbocycles. The van der Waals surface area contributed by atoms with Crippen LogP contribution in [0.1, 0.15) is 125 Å². The molecule has 1 amide bonds. The second-order valence-electron chi connectivity index (χ2n) is 18.4. The number of aliphatic hydroxyl groups excluding tert-OH is 2. The second-order valence-corrected chi connectivity index (χ2v) is 18.4. The van der Waals surface area contributed by atoms with Gasteiger partial charge in [-0.2, -0.15) is 0 Å². The summed E-state index contributed by atoms with van der Waals surface area (Å²) in [4.78, 5) is 14.8. The van der Waals surface area contributed by atoms with Gasteiger partial charge in [-0.1, -0.05) is 34.1 Å². The standard InChI is InChI=1S/C38H63NO6/c1-23-37-17-16-36(6)26(8-7-9-30(41)35(4,5)43)28(40)21-27(36)25(37)12-13-29-34(2,3)31(14-15-38(23,29)37)45-33-22-39(18-19-44-33)32(42)20-24-10-11-24/h23-31,33,40-41,43H,7-22H2,1-6H3/t23-,25-,26-,27?,28+,29?,30-,31-,33?,36+,37-,38?/m0/s1. The number of hydrogen-bond donors (Lipinski definition) is 3. The number of fused-ring (bicyclic) bond motifs is 2. The largest absolute Gasteiger partial charge is 0.393 e. The van der Waals surface area contributed by atoms with Crippen LogP contribution < -0.4 is 0 Å². The number of carbonyl (C=O) groups is 1. The summed E-state index contributed by atoms with van der Waals surface area (Å²) in [5.41, 5.74) is -0.114. The Bertz CT molecular complexity index is 1130. The van der Waals surface area contributed by atoms with E-state index in [1.165, 1.54) is 44.9 Å². The quantitative estimate of drug-likeness (QED) is 0.293. The van der Waals surface area contributed by atoms with Gasteiger partial charge in [0.2, 0.25) is 5.91 Å². The smallest absolute Gasteiger partial charge is 0.223 e. The Kier molecular flexibility index (Phi) is 8.13. The molecule has 12 atom stereocenters. The summed E-state index contributed by atoms with van der Waals surface area (Å²) >= 11 is 0. The van der Waals surface area contributed by atoms with Gasteiger partial charge in [-0.25, -0.2) is 0 Å². The molecule has 4 unspecified atom stereocenters. The molecule has 1 heterocycles. The molecule has 2 spiro atoms. The Labute approximate surface area is 272 Å². The minimum Gasteiger partial charge on any atom is -0.393 e. The van der Waals surface area contributed by atoms with Crippen LogP contribution in [0.25, 0.3) is 0 Å². The Morgan fingerprint density at radius 3 is 2.51 bits per heavy atom. The van der Waals surface area contributed by atoms with Crippen molar-refractivity contribution in [1.82, 2.24) is 4.90 Å². The van der Waals surface area contributed by atoms with Gasteiger partial charge in [-0.05, 0) is 142 Å². The molecule has 45 heavy (non-hydrogen) atoms. The number of nitrogens with zero attached hydrogens (tertiary/aromatic N) is 1. The predicted octanol–water partition coefficient (Wildman–Crippen LogP) is 5.92. The SMILES string of the molecule is C[C@@H]1C23CC[C@H](OC4CN(C(=O)CC5CC5)CCO4)C(C)(C)C2CC[C@H]2C4C[C@@H](O)[C@H](CCC[C@H](O)C(C)(C)O)[C@@]4(C)CC[C@]123. The van der Waals surface area contributed by atoms with E-state index in [-0.39, 0.29) is 41.2 Å². The average Bonchev–Trinajstić information content (AvgIpc) is 3.87. The molecule has 6 saturated carbocycles. The Morgan fingerprint density at radius 2 is 1.80 bits per heavy atom. The maximum atomic E-state index is 12.9. The lowest BCUT2D eigenvalue weighted by atomic mass is 9.46. The Morgan fingerprint density at radius 1 is 1.04 bits per heavy atom. The summed E-state index contributed by atoms with van der Waals surface area (Å²) < 4.78 is 13.0. The van der Waals surface area contributed by atoms with Crippen LogP contribution in [0.5, 0.6) is 0 Å². The molecule has 0 radical (unpaired) electrons. The molecule has 0 aromatic carbocycles. The molecule has 7 rings (SSSR count). The molecule has 256 valence electrons. The molecule has 0 bridgehead atoms. The van der Waals surface area contributed by atoms with Crippen LogP contribution in [-0.4, -0.2) is 76.0 Å². The second kappa shape index (κ2) is 11.1. The number of hydrogen-bond acceptors (Lipinski definition) is 6. The fraction of sp³-hybridized carbons (Fsp3) is 0.974. The third kappa shape index (κ3) is 5.01. The summed E-state index contributed by atoms with van der Waals surface area (Å²) in [6.45, 7) is 15.2. The zero-order chi connectivity index (χ0) is 32.2.